The quantitative estimate of drug-likeness (QED) is 0.695. The van der Waals surface area contributed by atoms with Crippen LogP contribution in [0.15, 0.2) is 60.7 Å². The van der Waals surface area contributed by atoms with Gasteiger partial charge in [-0.15, -0.1) is 0 Å². The summed E-state index contributed by atoms with van der Waals surface area (Å²) in [6.45, 7) is 5.57. The summed E-state index contributed by atoms with van der Waals surface area (Å²) in [5.41, 5.74) is 1.68. The first-order valence-corrected chi connectivity index (χ1v) is 9.44. The van der Waals surface area contributed by atoms with Gasteiger partial charge in [0.15, 0.2) is 0 Å². The lowest BCUT2D eigenvalue weighted by molar-refractivity contribution is -0.0737. The SMILES string of the molecule is COCCC(C)C(C)(O)C(Cc1ccccc1)N(C)Cc1ccccc1. The van der Waals surface area contributed by atoms with Gasteiger partial charge >= 0.3 is 0 Å². The Morgan fingerprint density at radius 1 is 1.00 bits per heavy atom. The standard InChI is InChI=1S/C23H33NO2/c1-19(15-16-26-4)23(2,25)22(17-20-11-7-5-8-12-20)24(3)18-21-13-9-6-10-14-21/h5-14,19,22,25H,15-18H2,1-4H3. The van der Waals surface area contributed by atoms with Gasteiger partial charge in [-0.3, -0.25) is 4.90 Å². The number of rotatable bonds is 10. The van der Waals surface area contributed by atoms with Crippen molar-refractivity contribution in [1.82, 2.24) is 4.90 Å². The van der Waals surface area contributed by atoms with Crippen LogP contribution in [0, 0.1) is 5.92 Å². The number of benzene rings is 2. The highest BCUT2D eigenvalue weighted by Crippen LogP contribution is 2.30. The first-order chi connectivity index (χ1) is 12.4. The first-order valence-electron chi connectivity index (χ1n) is 9.44. The molecule has 3 nitrogen and oxygen atoms in total. The average Bonchev–Trinajstić information content (AvgIpc) is 2.65. The number of aliphatic hydroxyl groups is 1. The Morgan fingerprint density at radius 2 is 1.54 bits per heavy atom. The van der Waals surface area contributed by atoms with Gasteiger partial charge in [0.1, 0.15) is 0 Å². The lowest BCUT2D eigenvalue weighted by atomic mass is 9.78. The molecule has 3 unspecified atom stereocenters. The molecule has 0 fully saturated rings. The smallest absolute Gasteiger partial charge is 0.0803 e. The van der Waals surface area contributed by atoms with E-state index < -0.39 is 5.60 Å². The second-order valence-electron chi connectivity index (χ2n) is 7.51. The molecule has 0 aliphatic heterocycles. The Bertz CT molecular complexity index is 627. The van der Waals surface area contributed by atoms with Crippen LogP contribution in [-0.2, 0) is 17.7 Å². The lowest BCUT2D eigenvalue weighted by Gasteiger charge is -2.43. The zero-order valence-corrected chi connectivity index (χ0v) is 16.6. The number of hydrogen-bond donors (Lipinski definition) is 1. The van der Waals surface area contributed by atoms with Crippen LogP contribution in [0.5, 0.6) is 0 Å². The van der Waals surface area contributed by atoms with Crippen LogP contribution in [0.4, 0.5) is 0 Å². The van der Waals surface area contributed by atoms with Gasteiger partial charge in [0.05, 0.1) is 5.60 Å². The van der Waals surface area contributed by atoms with Crippen molar-refractivity contribution in [2.24, 2.45) is 5.92 Å². The molecule has 2 rings (SSSR count). The fraction of sp³-hybridized carbons (Fsp3) is 0.478. The molecule has 0 saturated carbocycles. The van der Waals surface area contributed by atoms with E-state index in [1.807, 2.05) is 19.1 Å². The Hall–Kier alpha value is -1.68. The second kappa shape index (κ2) is 9.86. The number of nitrogens with zero attached hydrogens (tertiary/aromatic N) is 1. The van der Waals surface area contributed by atoms with Gasteiger partial charge in [-0.05, 0) is 43.9 Å². The summed E-state index contributed by atoms with van der Waals surface area (Å²) in [5, 5.41) is 11.5. The molecule has 0 bridgehead atoms. The molecule has 3 heteroatoms. The fourth-order valence-corrected chi connectivity index (χ4v) is 3.54. The van der Waals surface area contributed by atoms with Crippen molar-refractivity contribution < 1.29 is 9.84 Å². The molecule has 26 heavy (non-hydrogen) atoms. The third-order valence-electron chi connectivity index (χ3n) is 5.51. The molecule has 0 aliphatic carbocycles. The van der Waals surface area contributed by atoms with E-state index in [0.717, 1.165) is 19.4 Å². The van der Waals surface area contributed by atoms with Crippen LogP contribution < -0.4 is 0 Å². The number of ether oxygens (including phenoxy) is 1. The first kappa shape index (κ1) is 20.6. The van der Waals surface area contributed by atoms with Gasteiger partial charge in [-0.1, -0.05) is 67.6 Å². The number of hydrogen-bond acceptors (Lipinski definition) is 3. The minimum atomic E-state index is -0.822. The summed E-state index contributed by atoms with van der Waals surface area (Å²) in [4.78, 5) is 2.28. The average molecular weight is 356 g/mol. The molecule has 0 spiro atoms. The summed E-state index contributed by atoms with van der Waals surface area (Å²) in [6, 6.07) is 20.9. The number of likely N-dealkylation sites (N-methyl/N-ethyl adjacent to an activating group) is 1. The molecule has 0 amide bonds. The fourth-order valence-electron chi connectivity index (χ4n) is 3.54. The normalized spacial score (nSPS) is 16.2. The van der Waals surface area contributed by atoms with Gasteiger partial charge in [0.2, 0.25) is 0 Å². The molecule has 2 aromatic rings. The Kier molecular flexibility index (Phi) is 7.83. The minimum absolute atomic E-state index is 0.0111. The highest BCUT2D eigenvalue weighted by molar-refractivity contribution is 5.19. The molecular weight excluding hydrogens is 322 g/mol. The van der Waals surface area contributed by atoms with E-state index >= 15 is 0 Å². The Balaban J connectivity index is 2.22. The van der Waals surface area contributed by atoms with Crippen molar-refractivity contribution in [2.45, 2.75) is 44.9 Å². The maximum Gasteiger partial charge on any atom is 0.0803 e. The molecule has 3 atom stereocenters. The molecule has 0 aliphatic rings. The monoisotopic (exact) mass is 355 g/mol. The van der Waals surface area contributed by atoms with Crippen molar-refractivity contribution in [2.75, 3.05) is 20.8 Å². The van der Waals surface area contributed by atoms with E-state index in [1.54, 1.807) is 7.11 Å². The summed E-state index contributed by atoms with van der Waals surface area (Å²) in [7, 11) is 3.82. The molecular formula is C23H33NO2. The summed E-state index contributed by atoms with van der Waals surface area (Å²) in [6.07, 6.45) is 1.66. The van der Waals surface area contributed by atoms with Gasteiger partial charge < -0.3 is 9.84 Å². The van der Waals surface area contributed by atoms with Crippen LogP contribution in [0.25, 0.3) is 0 Å². The predicted molar refractivity (Wildman–Crippen MR) is 108 cm³/mol. The molecule has 2 aromatic carbocycles. The van der Waals surface area contributed by atoms with E-state index in [9.17, 15) is 5.11 Å². The van der Waals surface area contributed by atoms with Crippen molar-refractivity contribution >= 4 is 0 Å². The predicted octanol–water partition coefficient (Wildman–Crippen LogP) is 4.15. The second-order valence-corrected chi connectivity index (χ2v) is 7.51. The van der Waals surface area contributed by atoms with E-state index in [0.29, 0.717) is 6.61 Å². The summed E-state index contributed by atoms with van der Waals surface area (Å²) >= 11 is 0. The summed E-state index contributed by atoms with van der Waals surface area (Å²) < 4.78 is 5.24. The largest absolute Gasteiger partial charge is 0.388 e. The minimum Gasteiger partial charge on any atom is -0.388 e. The van der Waals surface area contributed by atoms with Gasteiger partial charge in [0, 0.05) is 26.3 Å². The van der Waals surface area contributed by atoms with E-state index in [4.69, 9.17) is 4.74 Å². The third kappa shape index (κ3) is 5.66. The van der Waals surface area contributed by atoms with Gasteiger partial charge in [0.25, 0.3) is 0 Å². The van der Waals surface area contributed by atoms with Crippen LogP contribution in [0.1, 0.15) is 31.4 Å². The lowest BCUT2D eigenvalue weighted by Crippen LogP contribution is -2.54. The van der Waals surface area contributed by atoms with Crippen LogP contribution in [0.2, 0.25) is 0 Å². The van der Waals surface area contributed by atoms with Gasteiger partial charge in [-0.25, -0.2) is 0 Å². The molecule has 0 saturated heterocycles. The number of methoxy groups -OCH3 is 1. The molecule has 142 valence electrons. The Labute approximate surface area is 158 Å². The van der Waals surface area contributed by atoms with Crippen molar-refractivity contribution in [3.63, 3.8) is 0 Å². The van der Waals surface area contributed by atoms with Crippen LogP contribution in [0.3, 0.4) is 0 Å². The molecule has 0 radical (unpaired) electrons. The molecule has 0 aromatic heterocycles. The Morgan fingerprint density at radius 3 is 2.08 bits per heavy atom. The van der Waals surface area contributed by atoms with E-state index in [-0.39, 0.29) is 12.0 Å². The van der Waals surface area contributed by atoms with E-state index in [1.165, 1.54) is 11.1 Å². The van der Waals surface area contributed by atoms with Crippen molar-refractivity contribution in [1.29, 1.82) is 0 Å². The topological polar surface area (TPSA) is 32.7 Å². The van der Waals surface area contributed by atoms with Crippen molar-refractivity contribution in [3.05, 3.63) is 71.8 Å². The zero-order valence-electron chi connectivity index (χ0n) is 16.6. The van der Waals surface area contributed by atoms with E-state index in [2.05, 4.69) is 67.4 Å². The van der Waals surface area contributed by atoms with Crippen LogP contribution in [-0.4, -0.2) is 42.4 Å². The molecule has 1 N–H and O–H groups in total. The van der Waals surface area contributed by atoms with Crippen LogP contribution >= 0.6 is 0 Å². The maximum atomic E-state index is 11.5. The third-order valence-corrected chi connectivity index (χ3v) is 5.51. The van der Waals surface area contributed by atoms with Gasteiger partial charge in [-0.2, -0.15) is 0 Å². The highest BCUT2D eigenvalue weighted by atomic mass is 16.5. The van der Waals surface area contributed by atoms with Crippen molar-refractivity contribution in [3.8, 4) is 0 Å². The molecule has 0 heterocycles. The maximum absolute atomic E-state index is 11.5. The highest BCUT2D eigenvalue weighted by Gasteiger charge is 2.39. The zero-order chi connectivity index (χ0) is 19.0. The summed E-state index contributed by atoms with van der Waals surface area (Å²) in [5.74, 6) is 0.134.